The van der Waals surface area contributed by atoms with Crippen LogP contribution in [0, 0.1) is 0 Å². The highest BCUT2D eigenvalue weighted by Crippen LogP contribution is 2.28. The summed E-state index contributed by atoms with van der Waals surface area (Å²) in [5, 5.41) is 5.25. The van der Waals surface area contributed by atoms with E-state index in [0.717, 1.165) is 33.7 Å². The van der Waals surface area contributed by atoms with E-state index in [2.05, 4.69) is 27.3 Å². The number of rotatable bonds is 5. The van der Waals surface area contributed by atoms with Crippen molar-refractivity contribution in [1.29, 1.82) is 0 Å². The second kappa shape index (κ2) is 6.89. The van der Waals surface area contributed by atoms with Gasteiger partial charge in [-0.25, -0.2) is 0 Å². The van der Waals surface area contributed by atoms with Crippen LogP contribution in [0.25, 0.3) is 10.8 Å². The second-order valence-corrected chi connectivity index (χ2v) is 7.26. The number of carbonyl (C=O) groups excluding carboxylic acids is 1. The molecular weight excluding hydrogens is 378 g/mol. The molecule has 25 heavy (non-hydrogen) atoms. The van der Waals surface area contributed by atoms with Crippen molar-refractivity contribution in [3.8, 4) is 5.75 Å². The molecule has 126 valence electrons. The fourth-order valence-corrected chi connectivity index (χ4v) is 3.19. The summed E-state index contributed by atoms with van der Waals surface area (Å²) in [4.78, 5) is 12.7. The van der Waals surface area contributed by atoms with Crippen LogP contribution in [0.1, 0.15) is 24.5 Å². The van der Waals surface area contributed by atoms with Crippen molar-refractivity contribution in [1.82, 2.24) is 5.32 Å². The quantitative estimate of drug-likeness (QED) is 0.659. The van der Waals surface area contributed by atoms with Crippen molar-refractivity contribution < 1.29 is 9.53 Å². The molecule has 1 atom stereocenters. The summed E-state index contributed by atoms with van der Waals surface area (Å²) in [5.74, 6) is 0.610. The first kappa shape index (κ1) is 16.2. The van der Waals surface area contributed by atoms with Gasteiger partial charge in [-0.1, -0.05) is 58.4 Å². The first-order valence-electron chi connectivity index (χ1n) is 8.40. The molecule has 0 aliphatic heterocycles. The number of ether oxygens (including phenoxy) is 1. The third kappa shape index (κ3) is 3.85. The largest absolute Gasteiger partial charge is 0.476 e. The van der Waals surface area contributed by atoms with Crippen molar-refractivity contribution in [3.05, 3.63) is 76.8 Å². The topological polar surface area (TPSA) is 38.3 Å². The predicted octanol–water partition coefficient (Wildman–Crippen LogP) is 5.00. The summed E-state index contributed by atoms with van der Waals surface area (Å²) in [6, 6.07) is 21.9. The monoisotopic (exact) mass is 395 g/mol. The Labute approximate surface area is 155 Å². The van der Waals surface area contributed by atoms with Crippen molar-refractivity contribution in [2.45, 2.75) is 25.0 Å². The Bertz CT molecular complexity index is 906. The minimum atomic E-state index is -0.644. The highest BCUT2D eigenvalue weighted by molar-refractivity contribution is 9.10. The molecule has 0 bridgehead atoms. The third-order valence-corrected chi connectivity index (χ3v) is 4.79. The summed E-state index contributed by atoms with van der Waals surface area (Å²) in [5.41, 5.74) is 0.858. The number of nitrogens with one attached hydrogen (secondary N) is 1. The van der Waals surface area contributed by atoms with Gasteiger partial charge in [0.25, 0.3) is 5.91 Å². The molecule has 0 radical (unpaired) electrons. The van der Waals surface area contributed by atoms with Crippen LogP contribution in [-0.4, -0.2) is 11.9 Å². The van der Waals surface area contributed by atoms with Gasteiger partial charge in [-0.05, 0) is 47.9 Å². The van der Waals surface area contributed by atoms with Crippen molar-refractivity contribution in [2.24, 2.45) is 0 Å². The molecule has 3 aromatic rings. The molecule has 3 nitrogen and oxygen atoms in total. The molecule has 1 saturated carbocycles. The Kier molecular flexibility index (Phi) is 4.45. The zero-order chi connectivity index (χ0) is 17.2. The van der Waals surface area contributed by atoms with E-state index >= 15 is 0 Å². The standard InChI is InChI=1S/C21H18BrNO2/c22-17-8-6-16-13-19(11-7-15(16)12-17)25-20(14-4-2-1-3-5-14)21(24)23-18-9-10-18/h1-8,11-13,18,20H,9-10H2,(H,23,24)/t20-/m1/s1. The number of benzene rings is 3. The van der Waals surface area contributed by atoms with Gasteiger partial charge in [0.05, 0.1) is 0 Å². The Morgan fingerprint density at radius 2 is 1.72 bits per heavy atom. The number of fused-ring (bicyclic) bond motifs is 1. The molecule has 1 aliphatic carbocycles. The van der Waals surface area contributed by atoms with Crippen LogP contribution in [-0.2, 0) is 4.79 Å². The number of halogens is 1. The van der Waals surface area contributed by atoms with E-state index < -0.39 is 6.10 Å². The van der Waals surface area contributed by atoms with Crippen LogP contribution in [0.4, 0.5) is 0 Å². The molecule has 1 fully saturated rings. The highest BCUT2D eigenvalue weighted by Gasteiger charge is 2.29. The van der Waals surface area contributed by atoms with Gasteiger partial charge in [0.2, 0.25) is 6.10 Å². The zero-order valence-corrected chi connectivity index (χ0v) is 15.2. The van der Waals surface area contributed by atoms with E-state index in [0.29, 0.717) is 11.8 Å². The molecule has 1 N–H and O–H groups in total. The Morgan fingerprint density at radius 1 is 1.00 bits per heavy atom. The third-order valence-electron chi connectivity index (χ3n) is 4.29. The van der Waals surface area contributed by atoms with Crippen LogP contribution >= 0.6 is 15.9 Å². The van der Waals surface area contributed by atoms with Gasteiger partial charge >= 0.3 is 0 Å². The summed E-state index contributed by atoms with van der Waals surface area (Å²) in [6.45, 7) is 0. The Balaban J connectivity index is 1.63. The molecule has 4 rings (SSSR count). The van der Waals surface area contributed by atoms with Crippen LogP contribution in [0.5, 0.6) is 5.75 Å². The summed E-state index contributed by atoms with van der Waals surface area (Å²) >= 11 is 3.49. The van der Waals surface area contributed by atoms with Crippen LogP contribution in [0.15, 0.2) is 71.2 Å². The predicted molar refractivity (Wildman–Crippen MR) is 103 cm³/mol. The Hall–Kier alpha value is -2.33. The zero-order valence-electron chi connectivity index (χ0n) is 13.6. The van der Waals surface area contributed by atoms with Gasteiger partial charge < -0.3 is 10.1 Å². The van der Waals surface area contributed by atoms with Crippen LogP contribution < -0.4 is 10.1 Å². The summed E-state index contributed by atoms with van der Waals surface area (Å²) in [7, 11) is 0. The van der Waals surface area contributed by atoms with Crippen LogP contribution in [0.2, 0.25) is 0 Å². The normalized spacial score (nSPS) is 14.9. The number of hydrogen-bond donors (Lipinski definition) is 1. The smallest absolute Gasteiger partial charge is 0.266 e. The van der Waals surface area contributed by atoms with Crippen LogP contribution in [0.3, 0.4) is 0 Å². The van der Waals surface area contributed by atoms with Gasteiger partial charge in [0.1, 0.15) is 5.75 Å². The first-order valence-corrected chi connectivity index (χ1v) is 9.20. The molecule has 0 saturated heterocycles. The minimum absolute atomic E-state index is 0.0791. The molecule has 4 heteroatoms. The lowest BCUT2D eigenvalue weighted by Gasteiger charge is -2.19. The van der Waals surface area contributed by atoms with Gasteiger partial charge in [-0.2, -0.15) is 0 Å². The maximum absolute atomic E-state index is 12.7. The molecule has 0 unspecified atom stereocenters. The molecule has 0 aromatic heterocycles. The first-order chi connectivity index (χ1) is 12.2. The molecule has 1 aliphatic rings. The van der Waals surface area contributed by atoms with Gasteiger partial charge in [0.15, 0.2) is 0 Å². The number of amides is 1. The lowest BCUT2D eigenvalue weighted by molar-refractivity contribution is -0.128. The van der Waals surface area contributed by atoms with E-state index in [-0.39, 0.29) is 5.91 Å². The summed E-state index contributed by atoms with van der Waals surface area (Å²) in [6.07, 6.45) is 1.46. The lowest BCUT2D eigenvalue weighted by Crippen LogP contribution is -2.33. The van der Waals surface area contributed by atoms with Gasteiger partial charge in [0, 0.05) is 16.1 Å². The molecule has 0 heterocycles. The summed E-state index contributed by atoms with van der Waals surface area (Å²) < 4.78 is 7.15. The van der Waals surface area contributed by atoms with Gasteiger partial charge in [-0.15, -0.1) is 0 Å². The lowest BCUT2D eigenvalue weighted by atomic mass is 10.1. The molecule has 0 spiro atoms. The van der Waals surface area contributed by atoms with E-state index in [1.807, 2.05) is 60.7 Å². The van der Waals surface area contributed by atoms with Crippen molar-refractivity contribution >= 4 is 32.6 Å². The van der Waals surface area contributed by atoms with E-state index in [9.17, 15) is 4.79 Å². The molecular formula is C21H18BrNO2. The van der Waals surface area contributed by atoms with E-state index in [1.165, 1.54) is 0 Å². The van der Waals surface area contributed by atoms with E-state index in [1.54, 1.807) is 0 Å². The average molecular weight is 396 g/mol. The molecule has 3 aromatic carbocycles. The average Bonchev–Trinajstić information content (AvgIpc) is 3.44. The van der Waals surface area contributed by atoms with Crippen molar-refractivity contribution in [2.75, 3.05) is 0 Å². The molecule has 1 amide bonds. The maximum atomic E-state index is 12.7. The fourth-order valence-electron chi connectivity index (χ4n) is 2.81. The SMILES string of the molecule is O=C(NC1CC1)[C@H](Oc1ccc2cc(Br)ccc2c1)c1ccccc1. The maximum Gasteiger partial charge on any atom is 0.266 e. The fraction of sp³-hybridized carbons (Fsp3) is 0.190. The highest BCUT2D eigenvalue weighted by atomic mass is 79.9. The van der Waals surface area contributed by atoms with Crippen molar-refractivity contribution in [3.63, 3.8) is 0 Å². The minimum Gasteiger partial charge on any atom is -0.476 e. The Morgan fingerprint density at radius 3 is 2.48 bits per heavy atom. The second-order valence-electron chi connectivity index (χ2n) is 6.34. The van der Waals surface area contributed by atoms with Gasteiger partial charge in [-0.3, -0.25) is 4.79 Å². The number of hydrogen-bond acceptors (Lipinski definition) is 2. The number of carbonyl (C=O) groups is 1. The van der Waals surface area contributed by atoms with E-state index in [4.69, 9.17) is 4.74 Å².